The van der Waals surface area contributed by atoms with Gasteiger partial charge in [0, 0.05) is 5.92 Å². The van der Waals surface area contributed by atoms with Crippen molar-refractivity contribution >= 4 is 5.78 Å². The zero-order valence-corrected chi connectivity index (χ0v) is 7.65. The normalized spacial score (nSPS) is 46.6. The Labute approximate surface area is 78.5 Å². The van der Waals surface area contributed by atoms with E-state index in [9.17, 15) is 4.79 Å². The summed E-state index contributed by atoms with van der Waals surface area (Å²) in [6.45, 7) is 0. The molecule has 0 spiro atoms. The fraction of sp³-hybridized carbons (Fsp3) is 0.583. The first-order valence-corrected chi connectivity index (χ1v) is 5.25. The number of carbonyl (C=O) groups excluding carboxylic acids is 1. The minimum Gasteiger partial charge on any atom is -0.295 e. The van der Waals surface area contributed by atoms with Gasteiger partial charge in [0.1, 0.15) is 0 Å². The fourth-order valence-electron chi connectivity index (χ4n) is 3.34. The van der Waals surface area contributed by atoms with Gasteiger partial charge in [0.05, 0.1) is 0 Å². The third-order valence-corrected chi connectivity index (χ3v) is 3.90. The summed E-state index contributed by atoms with van der Waals surface area (Å²) in [7, 11) is 0. The van der Waals surface area contributed by atoms with Crippen LogP contribution in [0.15, 0.2) is 24.3 Å². The average molecular weight is 174 g/mol. The number of fused-ring (bicyclic) bond motifs is 5. The summed E-state index contributed by atoms with van der Waals surface area (Å²) in [5.74, 6) is 2.69. The smallest absolute Gasteiger partial charge is 0.159 e. The van der Waals surface area contributed by atoms with Crippen molar-refractivity contribution in [2.24, 2.45) is 23.7 Å². The molecule has 0 heterocycles. The second kappa shape index (κ2) is 2.57. The lowest BCUT2D eigenvalue weighted by Crippen LogP contribution is -2.25. The van der Waals surface area contributed by atoms with E-state index >= 15 is 0 Å². The summed E-state index contributed by atoms with van der Waals surface area (Å²) < 4.78 is 0. The second-order valence-corrected chi connectivity index (χ2v) is 4.52. The van der Waals surface area contributed by atoms with Crippen molar-refractivity contribution in [1.29, 1.82) is 0 Å². The van der Waals surface area contributed by atoms with Crippen LogP contribution >= 0.6 is 0 Å². The van der Waals surface area contributed by atoms with E-state index in [1.165, 1.54) is 12.8 Å². The molecule has 1 fully saturated rings. The van der Waals surface area contributed by atoms with Crippen molar-refractivity contribution < 1.29 is 4.79 Å². The molecule has 0 aromatic heterocycles. The van der Waals surface area contributed by atoms with Gasteiger partial charge >= 0.3 is 0 Å². The molecule has 68 valence electrons. The molecule has 0 saturated heterocycles. The minimum atomic E-state index is 0.341. The van der Waals surface area contributed by atoms with Crippen molar-refractivity contribution in [2.75, 3.05) is 0 Å². The highest BCUT2D eigenvalue weighted by Gasteiger charge is 2.46. The van der Waals surface area contributed by atoms with Gasteiger partial charge < -0.3 is 0 Å². The van der Waals surface area contributed by atoms with Crippen LogP contribution in [0.3, 0.4) is 0 Å². The quantitative estimate of drug-likeness (QED) is 0.515. The first-order chi connectivity index (χ1) is 6.36. The number of carbonyl (C=O) groups is 1. The van der Waals surface area contributed by atoms with Crippen LogP contribution in [0, 0.1) is 23.7 Å². The number of hydrogen-bond acceptors (Lipinski definition) is 1. The lowest BCUT2D eigenvalue weighted by Gasteiger charge is -2.24. The van der Waals surface area contributed by atoms with E-state index in [1.54, 1.807) is 0 Å². The van der Waals surface area contributed by atoms with E-state index in [4.69, 9.17) is 0 Å². The van der Waals surface area contributed by atoms with Gasteiger partial charge in [-0.15, -0.1) is 0 Å². The predicted octanol–water partition coefficient (Wildman–Crippen LogP) is 2.34. The van der Waals surface area contributed by atoms with Crippen LogP contribution in [0.2, 0.25) is 0 Å². The molecule has 0 N–H and O–H groups in total. The molecule has 2 bridgehead atoms. The zero-order valence-electron chi connectivity index (χ0n) is 7.65. The van der Waals surface area contributed by atoms with Crippen LogP contribution in [0.1, 0.15) is 19.3 Å². The van der Waals surface area contributed by atoms with Crippen LogP contribution in [0.4, 0.5) is 0 Å². The molecule has 0 radical (unpaired) electrons. The Morgan fingerprint density at radius 1 is 1.23 bits per heavy atom. The summed E-state index contributed by atoms with van der Waals surface area (Å²) in [6.07, 6.45) is 12.0. The summed E-state index contributed by atoms with van der Waals surface area (Å²) in [6, 6.07) is 0. The number of ketones is 1. The molecule has 0 aromatic rings. The van der Waals surface area contributed by atoms with Gasteiger partial charge in [0.25, 0.3) is 0 Å². The molecule has 3 aliphatic carbocycles. The Kier molecular flexibility index (Phi) is 1.49. The molecular formula is C12H14O. The van der Waals surface area contributed by atoms with E-state index in [0.29, 0.717) is 23.5 Å². The monoisotopic (exact) mass is 174 g/mol. The Morgan fingerprint density at radius 3 is 3.00 bits per heavy atom. The average Bonchev–Trinajstić information content (AvgIpc) is 2.66. The molecule has 3 rings (SSSR count). The summed E-state index contributed by atoms with van der Waals surface area (Å²) >= 11 is 0. The highest BCUT2D eigenvalue weighted by molar-refractivity contribution is 5.93. The summed E-state index contributed by atoms with van der Waals surface area (Å²) in [5, 5.41) is 0. The number of hydrogen-bond donors (Lipinski definition) is 0. The van der Waals surface area contributed by atoms with E-state index in [0.717, 1.165) is 12.3 Å². The lowest BCUT2D eigenvalue weighted by atomic mass is 9.79. The maximum atomic E-state index is 11.8. The first-order valence-electron chi connectivity index (χ1n) is 5.25. The van der Waals surface area contributed by atoms with E-state index < -0.39 is 0 Å². The zero-order chi connectivity index (χ0) is 8.84. The molecular weight excluding hydrogens is 160 g/mol. The summed E-state index contributed by atoms with van der Waals surface area (Å²) in [4.78, 5) is 11.8. The van der Waals surface area contributed by atoms with Crippen molar-refractivity contribution in [3.8, 4) is 0 Å². The molecule has 0 amide bonds. The van der Waals surface area contributed by atoms with Gasteiger partial charge in [-0.25, -0.2) is 0 Å². The van der Waals surface area contributed by atoms with Gasteiger partial charge in [0.2, 0.25) is 0 Å². The Bertz CT molecular complexity index is 300. The van der Waals surface area contributed by atoms with E-state index in [1.807, 2.05) is 6.08 Å². The van der Waals surface area contributed by atoms with Gasteiger partial charge in [0.15, 0.2) is 5.78 Å². The molecule has 1 saturated carbocycles. The van der Waals surface area contributed by atoms with Crippen LogP contribution < -0.4 is 0 Å². The van der Waals surface area contributed by atoms with E-state index in [2.05, 4.69) is 18.2 Å². The molecule has 4 atom stereocenters. The van der Waals surface area contributed by atoms with Crippen LogP contribution in [-0.4, -0.2) is 5.78 Å². The van der Waals surface area contributed by atoms with Gasteiger partial charge in [-0.3, -0.25) is 4.79 Å². The van der Waals surface area contributed by atoms with Crippen LogP contribution in [0.25, 0.3) is 0 Å². The van der Waals surface area contributed by atoms with Gasteiger partial charge in [-0.2, -0.15) is 0 Å². The molecule has 1 nitrogen and oxygen atoms in total. The van der Waals surface area contributed by atoms with Gasteiger partial charge in [-0.05, 0) is 43.1 Å². The van der Waals surface area contributed by atoms with Crippen molar-refractivity contribution in [3.63, 3.8) is 0 Å². The Morgan fingerprint density at radius 2 is 2.08 bits per heavy atom. The molecule has 0 unspecified atom stereocenters. The van der Waals surface area contributed by atoms with Crippen LogP contribution in [0.5, 0.6) is 0 Å². The van der Waals surface area contributed by atoms with Crippen molar-refractivity contribution in [3.05, 3.63) is 24.3 Å². The SMILES string of the molecule is O=C1C=CCC[C@H]2[C@@H]1[C@H]1C=C[C@@H]2C1. The molecule has 13 heavy (non-hydrogen) atoms. The van der Waals surface area contributed by atoms with Crippen molar-refractivity contribution in [1.82, 2.24) is 0 Å². The first kappa shape index (κ1) is 7.54. The highest BCUT2D eigenvalue weighted by atomic mass is 16.1. The maximum Gasteiger partial charge on any atom is 0.159 e. The largest absolute Gasteiger partial charge is 0.295 e. The topological polar surface area (TPSA) is 17.1 Å². The molecule has 0 aliphatic heterocycles. The Hall–Kier alpha value is -0.850. The Balaban J connectivity index is 1.98. The second-order valence-electron chi connectivity index (χ2n) is 4.52. The molecule has 3 aliphatic rings. The van der Waals surface area contributed by atoms with Crippen molar-refractivity contribution in [2.45, 2.75) is 19.3 Å². The van der Waals surface area contributed by atoms with Crippen LogP contribution in [-0.2, 0) is 4.79 Å². The third kappa shape index (κ3) is 0.962. The number of rotatable bonds is 0. The summed E-state index contributed by atoms with van der Waals surface area (Å²) in [5.41, 5.74) is 0. The molecule has 1 heteroatoms. The molecule has 0 aromatic carbocycles. The van der Waals surface area contributed by atoms with E-state index in [-0.39, 0.29) is 0 Å². The number of allylic oxidation sites excluding steroid dienone is 4. The highest BCUT2D eigenvalue weighted by Crippen LogP contribution is 2.50. The lowest BCUT2D eigenvalue weighted by molar-refractivity contribution is -0.120. The third-order valence-electron chi connectivity index (χ3n) is 3.90. The minimum absolute atomic E-state index is 0.341. The fourth-order valence-corrected chi connectivity index (χ4v) is 3.34. The van der Waals surface area contributed by atoms with Gasteiger partial charge in [-0.1, -0.05) is 18.2 Å². The standard InChI is InChI=1S/C12H14O/c13-11-4-2-1-3-10-8-5-6-9(7-8)12(10)11/h2,4-6,8-10,12H,1,3,7H2/t8-,9+,10-,12+/m1/s1. The maximum absolute atomic E-state index is 11.8. The predicted molar refractivity (Wildman–Crippen MR) is 51.1 cm³/mol.